The van der Waals surface area contributed by atoms with E-state index < -0.39 is 30.4 Å². The van der Waals surface area contributed by atoms with E-state index in [1.54, 1.807) is 5.32 Å². The van der Waals surface area contributed by atoms with Crippen LogP contribution in [0.4, 0.5) is 30.9 Å². The molecular weight excluding hydrogens is 380 g/mol. The summed E-state index contributed by atoms with van der Waals surface area (Å²) in [6.07, 6.45) is 1.34. The summed E-state index contributed by atoms with van der Waals surface area (Å²) in [5.41, 5.74) is -0.539. The van der Waals surface area contributed by atoms with Gasteiger partial charge in [0.2, 0.25) is 0 Å². The van der Waals surface area contributed by atoms with Crippen molar-refractivity contribution in [2.24, 2.45) is 0 Å². The van der Waals surface area contributed by atoms with Crippen LogP contribution in [0, 0.1) is 0 Å². The van der Waals surface area contributed by atoms with Crippen molar-refractivity contribution < 1.29 is 22.5 Å². The Morgan fingerprint density at radius 3 is 2.78 bits per heavy atom. The van der Waals surface area contributed by atoms with Gasteiger partial charge in [-0.2, -0.15) is 8.78 Å². The maximum Gasteiger partial charge on any atom is 0.322 e. The van der Waals surface area contributed by atoms with Gasteiger partial charge in [0.15, 0.2) is 11.5 Å². The Hall–Kier alpha value is -3.02. The van der Waals surface area contributed by atoms with Crippen LogP contribution in [0.2, 0.25) is 0 Å². The molecule has 27 heavy (non-hydrogen) atoms. The summed E-state index contributed by atoms with van der Waals surface area (Å²) in [5.74, 6) is -3.91. The summed E-state index contributed by atoms with van der Waals surface area (Å²) in [6.45, 7) is -2.80. The number of anilines is 3. The lowest BCUT2D eigenvalue weighted by Gasteiger charge is -2.15. The van der Waals surface area contributed by atoms with Gasteiger partial charge in [-0.05, 0) is 12.1 Å². The molecule has 2 rings (SSSR count). The molecule has 0 radical (unpaired) electrons. The van der Waals surface area contributed by atoms with Crippen LogP contribution in [0.15, 0.2) is 29.3 Å². The summed E-state index contributed by atoms with van der Waals surface area (Å²) in [5, 5.41) is 14.2. The predicted molar refractivity (Wildman–Crippen MR) is 97.5 cm³/mol. The Morgan fingerprint density at radius 2 is 2.11 bits per heavy atom. The highest BCUT2D eigenvalue weighted by molar-refractivity contribution is 7.99. The van der Waals surface area contributed by atoms with Gasteiger partial charge in [-0.15, -0.1) is 10.2 Å². The van der Waals surface area contributed by atoms with E-state index in [0.29, 0.717) is 0 Å². The molecule has 2 heterocycles. The Balaban J connectivity index is 2.45. The zero-order valence-corrected chi connectivity index (χ0v) is 15.0. The first kappa shape index (κ1) is 16.2. The number of halogens is 2. The molecule has 0 aliphatic heterocycles. The second-order valence-corrected chi connectivity index (χ2v) is 6.16. The van der Waals surface area contributed by atoms with Crippen molar-refractivity contribution in [1.29, 1.82) is 0 Å². The van der Waals surface area contributed by atoms with Gasteiger partial charge in [-0.1, -0.05) is 11.8 Å². The number of nitrogens with zero attached hydrogens (tertiary/aromatic N) is 4. The quantitative estimate of drug-likeness (QED) is 0.638. The number of pyridine rings is 1. The highest BCUT2D eigenvalue weighted by Gasteiger charge is 2.18. The second-order valence-electron chi connectivity index (χ2n) is 5.12. The standard InChI is InChI=1S/C15H17F2N7O2S/c1-18-13(25)11-8(7-10(22-23-11)21-15(26)24(2)3)20-12-9(27-14(16)17)5-4-6-19-12/h4-7,14H,1-3H3,(H,18,25)(H2,19,20,21,22,26)/i1D3. The first-order valence-electron chi connectivity index (χ1n) is 8.81. The number of nitrogens with one attached hydrogen (secondary N) is 3. The van der Waals surface area contributed by atoms with E-state index in [0.717, 1.165) is 0 Å². The van der Waals surface area contributed by atoms with Crippen molar-refractivity contribution in [3.05, 3.63) is 30.1 Å². The van der Waals surface area contributed by atoms with Crippen LogP contribution >= 0.6 is 11.8 Å². The number of amides is 3. The van der Waals surface area contributed by atoms with Crippen LogP contribution in [0.5, 0.6) is 0 Å². The minimum atomic E-state index is -2.80. The van der Waals surface area contributed by atoms with Crippen molar-refractivity contribution in [3.63, 3.8) is 0 Å². The van der Waals surface area contributed by atoms with Gasteiger partial charge in [-0.3, -0.25) is 10.1 Å². The summed E-state index contributed by atoms with van der Waals surface area (Å²) >= 11 is 0.226. The molecule has 12 heteroatoms. The topological polar surface area (TPSA) is 112 Å². The molecule has 0 spiro atoms. The molecule has 0 aliphatic carbocycles. The fraction of sp³-hybridized carbons (Fsp3) is 0.267. The second kappa shape index (κ2) is 9.07. The van der Waals surface area contributed by atoms with Gasteiger partial charge >= 0.3 is 6.03 Å². The number of urea groups is 1. The molecule has 0 fully saturated rings. The Morgan fingerprint density at radius 1 is 1.33 bits per heavy atom. The van der Waals surface area contributed by atoms with Crippen molar-refractivity contribution in [2.75, 3.05) is 31.7 Å². The number of rotatable bonds is 6. The zero-order chi connectivity index (χ0) is 22.5. The average molecular weight is 400 g/mol. The minimum Gasteiger partial charge on any atom is -0.354 e. The van der Waals surface area contributed by atoms with Crippen LogP contribution in [0.25, 0.3) is 0 Å². The minimum absolute atomic E-state index is 0.0244. The van der Waals surface area contributed by atoms with E-state index in [2.05, 4.69) is 25.8 Å². The molecule has 3 amide bonds. The molecule has 144 valence electrons. The number of carbonyl (C=O) groups excluding carboxylic acids is 2. The Bertz CT molecular complexity index is 931. The molecule has 0 saturated carbocycles. The van der Waals surface area contributed by atoms with Crippen molar-refractivity contribution in [1.82, 2.24) is 25.4 Å². The first-order valence-corrected chi connectivity index (χ1v) is 8.19. The number of aromatic nitrogens is 3. The number of carbonyl (C=O) groups is 2. The van der Waals surface area contributed by atoms with Crippen LogP contribution < -0.4 is 16.0 Å². The van der Waals surface area contributed by atoms with E-state index >= 15 is 0 Å². The number of thioether (sulfide) groups is 1. The molecule has 9 nitrogen and oxygen atoms in total. The SMILES string of the molecule is [2H]C([2H])([2H])NC(=O)c1nnc(NC(=O)N(C)C)cc1Nc1ncccc1SC(F)F. The molecule has 0 saturated heterocycles. The van der Waals surface area contributed by atoms with E-state index in [1.165, 1.54) is 43.4 Å². The fourth-order valence-electron chi connectivity index (χ4n) is 1.80. The maximum absolute atomic E-state index is 12.8. The molecule has 0 unspecified atom stereocenters. The Kier molecular flexibility index (Phi) is 5.44. The first-order chi connectivity index (χ1) is 14.0. The van der Waals surface area contributed by atoms with Gasteiger partial charge in [-0.25, -0.2) is 9.78 Å². The van der Waals surface area contributed by atoms with Gasteiger partial charge in [0.05, 0.1) is 10.6 Å². The summed E-state index contributed by atoms with van der Waals surface area (Å²) in [6, 6.07) is 3.50. The van der Waals surface area contributed by atoms with Crippen molar-refractivity contribution in [3.8, 4) is 0 Å². The molecule has 0 atom stereocenters. The lowest BCUT2D eigenvalue weighted by Crippen LogP contribution is -2.28. The van der Waals surface area contributed by atoms with E-state index in [4.69, 9.17) is 4.11 Å². The molecule has 0 aliphatic rings. The van der Waals surface area contributed by atoms with Crippen molar-refractivity contribution in [2.45, 2.75) is 10.7 Å². The van der Waals surface area contributed by atoms with Crippen LogP contribution in [-0.4, -0.2) is 58.8 Å². The zero-order valence-electron chi connectivity index (χ0n) is 17.2. The molecule has 0 bridgehead atoms. The number of alkyl halides is 2. The monoisotopic (exact) mass is 400 g/mol. The predicted octanol–water partition coefficient (Wildman–Crippen LogP) is 2.38. The highest BCUT2D eigenvalue weighted by atomic mass is 32.2. The van der Waals surface area contributed by atoms with E-state index in [1.807, 2.05) is 0 Å². The average Bonchev–Trinajstić information content (AvgIpc) is 2.61. The molecule has 2 aromatic rings. The van der Waals surface area contributed by atoms with Crippen molar-refractivity contribution >= 4 is 41.0 Å². The summed E-state index contributed by atoms with van der Waals surface area (Å²) in [7, 11) is 2.98. The van der Waals surface area contributed by atoms with Crippen LogP contribution in [0.3, 0.4) is 0 Å². The maximum atomic E-state index is 12.8. The fourth-order valence-corrected chi connectivity index (χ4v) is 2.36. The molecular formula is C15H17F2N7O2S. The third kappa shape index (κ3) is 5.48. The van der Waals surface area contributed by atoms with E-state index in [-0.39, 0.29) is 34.0 Å². The molecule has 3 N–H and O–H groups in total. The smallest absolute Gasteiger partial charge is 0.322 e. The third-order valence-electron chi connectivity index (χ3n) is 3.00. The molecule has 2 aromatic heterocycles. The van der Waals surface area contributed by atoms with Crippen LogP contribution in [0.1, 0.15) is 14.6 Å². The lowest BCUT2D eigenvalue weighted by molar-refractivity contribution is 0.0958. The largest absolute Gasteiger partial charge is 0.354 e. The normalized spacial score (nSPS) is 12.6. The van der Waals surface area contributed by atoms with Gasteiger partial charge in [0.25, 0.3) is 11.7 Å². The summed E-state index contributed by atoms with van der Waals surface area (Å²) < 4.78 is 47.1. The summed E-state index contributed by atoms with van der Waals surface area (Å²) in [4.78, 5) is 29.4. The van der Waals surface area contributed by atoms with Gasteiger partial charge in [0, 0.05) is 37.4 Å². The molecule has 0 aromatic carbocycles. The number of hydrogen-bond donors (Lipinski definition) is 3. The highest BCUT2D eigenvalue weighted by Crippen LogP contribution is 2.32. The van der Waals surface area contributed by atoms with Gasteiger partial charge in [0.1, 0.15) is 5.82 Å². The van der Waals surface area contributed by atoms with Crippen LogP contribution in [-0.2, 0) is 0 Å². The lowest BCUT2D eigenvalue weighted by atomic mass is 10.3. The number of hydrogen-bond acceptors (Lipinski definition) is 7. The van der Waals surface area contributed by atoms with E-state index in [9.17, 15) is 18.4 Å². The van der Waals surface area contributed by atoms with Gasteiger partial charge < -0.3 is 15.5 Å². The Labute approximate surface area is 162 Å². The third-order valence-corrected chi connectivity index (χ3v) is 3.77.